The van der Waals surface area contributed by atoms with Crippen LogP contribution in [0, 0.1) is 13.8 Å². The predicted molar refractivity (Wildman–Crippen MR) is 94.0 cm³/mol. The number of thiocarbonyl (C=S) groups is 1. The van der Waals surface area contributed by atoms with Gasteiger partial charge in [-0.1, -0.05) is 36.0 Å². The molecule has 0 aliphatic rings. The molecule has 0 bridgehead atoms. The van der Waals surface area contributed by atoms with E-state index in [9.17, 15) is 0 Å². The van der Waals surface area contributed by atoms with Crippen molar-refractivity contribution >= 4 is 44.5 Å². The van der Waals surface area contributed by atoms with Gasteiger partial charge in [-0.3, -0.25) is 0 Å². The number of aryl methyl sites for hydroxylation is 2. The van der Waals surface area contributed by atoms with Crippen molar-refractivity contribution in [3.63, 3.8) is 0 Å². The first-order valence-electron chi connectivity index (χ1n) is 6.31. The van der Waals surface area contributed by atoms with E-state index >= 15 is 0 Å². The number of nitrogens with two attached hydrogens (primary N) is 1. The van der Waals surface area contributed by atoms with Crippen LogP contribution in [0.5, 0.6) is 0 Å². The molecule has 20 heavy (non-hydrogen) atoms. The minimum Gasteiger partial charge on any atom is -0.389 e. The van der Waals surface area contributed by atoms with Crippen LogP contribution in [0.15, 0.2) is 40.9 Å². The fraction of sp³-hybridized carbons (Fsp3) is 0.188. The Balaban J connectivity index is 2.56. The monoisotopic (exact) mass is 348 g/mol. The standard InChI is InChI=1S/C16H17BrN2S/c1-10-7-8-13(11(2)9-10)19(3)14-6-4-5-12(17)15(14)16(18)20/h4-9H,1-3H3,(H2,18,20). The SMILES string of the molecule is Cc1ccc(N(C)c2cccc(Br)c2C(N)=S)c(C)c1. The van der Waals surface area contributed by atoms with Crippen LogP contribution >= 0.6 is 28.1 Å². The molecule has 0 aromatic heterocycles. The van der Waals surface area contributed by atoms with Gasteiger partial charge in [-0.05, 0) is 53.5 Å². The number of rotatable bonds is 3. The van der Waals surface area contributed by atoms with Crippen molar-refractivity contribution in [3.05, 3.63) is 57.6 Å². The number of hydrogen-bond acceptors (Lipinski definition) is 2. The zero-order chi connectivity index (χ0) is 14.9. The quantitative estimate of drug-likeness (QED) is 0.829. The number of nitrogens with zero attached hydrogens (tertiary/aromatic N) is 1. The van der Waals surface area contributed by atoms with E-state index in [0.717, 1.165) is 21.4 Å². The maximum absolute atomic E-state index is 5.87. The molecule has 0 radical (unpaired) electrons. The second-order valence-electron chi connectivity index (χ2n) is 4.85. The van der Waals surface area contributed by atoms with Crippen molar-refractivity contribution < 1.29 is 0 Å². The Labute approximate surface area is 133 Å². The second-order valence-corrected chi connectivity index (χ2v) is 6.14. The molecule has 0 heterocycles. The summed E-state index contributed by atoms with van der Waals surface area (Å²) in [7, 11) is 2.03. The summed E-state index contributed by atoms with van der Waals surface area (Å²) in [6.45, 7) is 4.20. The summed E-state index contributed by atoms with van der Waals surface area (Å²) in [5, 5.41) is 0. The molecule has 0 amide bonds. The van der Waals surface area contributed by atoms with E-state index in [2.05, 4.69) is 52.9 Å². The molecule has 2 nitrogen and oxygen atoms in total. The molecule has 2 aromatic carbocycles. The van der Waals surface area contributed by atoms with Gasteiger partial charge in [0.05, 0.1) is 5.69 Å². The lowest BCUT2D eigenvalue weighted by Gasteiger charge is -2.25. The molecular formula is C16H17BrN2S. The van der Waals surface area contributed by atoms with Gasteiger partial charge in [0.25, 0.3) is 0 Å². The van der Waals surface area contributed by atoms with Gasteiger partial charge in [0.1, 0.15) is 4.99 Å². The van der Waals surface area contributed by atoms with Gasteiger partial charge in [0.15, 0.2) is 0 Å². The first kappa shape index (κ1) is 15.0. The van der Waals surface area contributed by atoms with E-state index in [4.69, 9.17) is 18.0 Å². The third-order valence-electron chi connectivity index (χ3n) is 3.31. The van der Waals surface area contributed by atoms with Gasteiger partial charge in [0, 0.05) is 22.8 Å². The highest BCUT2D eigenvalue weighted by atomic mass is 79.9. The van der Waals surface area contributed by atoms with Gasteiger partial charge < -0.3 is 10.6 Å². The largest absolute Gasteiger partial charge is 0.389 e. The van der Waals surface area contributed by atoms with Crippen molar-refractivity contribution in [3.8, 4) is 0 Å². The lowest BCUT2D eigenvalue weighted by atomic mass is 10.1. The molecule has 104 valence electrons. The highest BCUT2D eigenvalue weighted by Crippen LogP contribution is 2.33. The molecule has 0 saturated carbocycles. The minimum absolute atomic E-state index is 0.393. The molecule has 0 saturated heterocycles. The van der Waals surface area contributed by atoms with Crippen molar-refractivity contribution in [1.29, 1.82) is 0 Å². The summed E-state index contributed by atoms with van der Waals surface area (Å²) < 4.78 is 0.916. The van der Waals surface area contributed by atoms with Crippen LogP contribution < -0.4 is 10.6 Å². The minimum atomic E-state index is 0.393. The van der Waals surface area contributed by atoms with Crippen molar-refractivity contribution in [2.75, 3.05) is 11.9 Å². The van der Waals surface area contributed by atoms with Crippen LogP contribution in [0.3, 0.4) is 0 Å². The van der Waals surface area contributed by atoms with Crippen LogP contribution in [-0.4, -0.2) is 12.0 Å². The molecule has 0 unspecified atom stereocenters. The zero-order valence-corrected chi connectivity index (χ0v) is 14.2. The first-order valence-corrected chi connectivity index (χ1v) is 7.51. The molecule has 0 aliphatic heterocycles. The van der Waals surface area contributed by atoms with Crippen LogP contribution in [0.25, 0.3) is 0 Å². The predicted octanol–water partition coefficient (Wildman–Crippen LogP) is 4.47. The molecule has 0 aliphatic carbocycles. The molecule has 2 aromatic rings. The lowest BCUT2D eigenvalue weighted by molar-refractivity contribution is 1.17. The molecule has 4 heteroatoms. The number of halogens is 1. The zero-order valence-electron chi connectivity index (χ0n) is 11.8. The average molecular weight is 349 g/mol. The van der Waals surface area contributed by atoms with E-state index in [1.165, 1.54) is 11.1 Å². The third-order valence-corrected chi connectivity index (χ3v) is 4.18. The third kappa shape index (κ3) is 2.86. The Bertz CT molecular complexity index is 668. The molecular weight excluding hydrogens is 332 g/mol. The van der Waals surface area contributed by atoms with Crippen LogP contribution in [0.4, 0.5) is 11.4 Å². The second kappa shape index (κ2) is 5.94. The summed E-state index contributed by atoms with van der Waals surface area (Å²) >= 11 is 8.71. The number of benzene rings is 2. The molecule has 0 atom stereocenters. The normalized spacial score (nSPS) is 10.4. The van der Waals surface area contributed by atoms with Gasteiger partial charge in [-0.2, -0.15) is 0 Å². The smallest absolute Gasteiger partial charge is 0.107 e. The Morgan fingerprint density at radius 1 is 1.15 bits per heavy atom. The topological polar surface area (TPSA) is 29.3 Å². The van der Waals surface area contributed by atoms with E-state index in [-0.39, 0.29) is 0 Å². The summed E-state index contributed by atoms with van der Waals surface area (Å²) in [4.78, 5) is 2.51. The van der Waals surface area contributed by atoms with Gasteiger partial charge >= 0.3 is 0 Å². The Kier molecular flexibility index (Phi) is 4.45. The van der Waals surface area contributed by atoms with Crippen LogP contribution in [-0.2, 0) is 0 Å². The lowest BCUT2D eigenvalue weighted by Crippen LogP contribution is -2.19. The fourth-order valence-electron chi connectivity index (χ4n) is 2.35. The van der Waals surface area contributed by atoms with E-state index in [1.54, 1.807) is 0 Å². The van der Waals surface area contributed by atoms with Gasteiger partial charge in [-0.15, -0.1) is 0 Å². The first-order chi connectivity index (χ1) is 9.41. The molecule has 2 rings (SSSR count). The Hall–Kier alpha value is -1.39. The fourth-order valence-corrected chi connectivity index (χ4v) is 3.26. The van der Waals surface area contributed by atoms with Crippen LogP contribution in [0.2, 0.25) is 0 Å². The molecule has 0 fully saturated rings. The van der Waals surface area contributed by atoms with Gasteiger partial charge in [0.2, 0.25) is 0 Å². The van der Waals surface area contributed by atoms with E-state index in [1.807, 2.05) is 25.2 Å². The number of hydrogen-bond donors (Lipinski definition) is 1. The summed E-state index contributed by atoms with van der Waals surface area (Å²) in [5.74, 6) is 0. The Morgan fingerprint density at radius 3 is 2.45 bits per heavy atom. The average Bonchev–Trinajstić information content (AvgIpc) is 2.37. The van der Waals surface area contributed by atoms with Crippen molar-refractivity contribution in [1.82, 2.24) is 0 Å². The molecule has 0 spiro atoms. The highest BCUT2D eigenvalue weighted by Gasteiger charge is 2.15. The summed E-state index contributed by atoms with van der Waals surface area (Å²) in [5.41, 5.74) is 11.4. The number of anilines is 2. The van der Waals surface area contributed by atoms with E-state index in [0.29, 0.717) is 4.99 Å². The molecule has 2 N–H and O–H groups in total. The Morgan fingerprint density at radius 2 is 1.85 bits per heavy atom. The highest BCUT2D eigenvalue weighted by molar-refractivity contribution is 9.10. The van der Waals surface area contributed by atoms with Gasteiger partial charge in [-0.25, -0.2) is 0 Å². The van der Waals surface area contributed by atoms with Crippen LogP contribution in [0.1, 0.15) is 16.7 Å². The maximum Gasteiger partial charge on any atom is 0.107 e. The summed E-state index contributed by atoms with van der Waals surface area (Å²) in [6, 6.07) is 12.4. The maximum atomic E-state index is 5.87. The van der Waals surface area contributed by atoms with Crippen molar-refractivity contribution in [2.45, 2.75) is 13.8 Å². The summed E-state index contributed by atoms with van der Waals surface area (Å²) in [6.07, 6.45) is 0. The van der Waals surface area contributed by atoms with Crippen molar-refractivity contribution in [2.24, 2.45) is 5.73 Å². The van der Waals surface area contributed by atoms with E-state index < -0.39 is 0 Å².